The van der Waals surface area contributed by atoms with E-state index in [1.54, 1.807) is 0 Å². The number of rotatable bonds is 7. The van der Waals surface area contributed by atoms with E-state index < -0.39 is 27.2 Å². The average Bonchev–Trinajstić information content (AvgIpc) is 2.32. The maximum absolute atomic E-state index is 13.1. The van der Waals surface area contributed by atoms with Gasteiger partial charge in [0.1, 0.15) is 11.6 Å². The predicted octanol–water partition coefficient (Wildman–Crippen LogP) is 1.47. The number of aryl methyl sites for hydroxylation is 1. The van der Waals surface area contributed by atoms with E-state index in [9.17, 15) is 17.6 Å². The Hall–Kier alpha value is -1.27. The molecule has 1 rings (SSSR count). The molecule has 0 aliphatic carbocycles. The van der Waals surface area contributed by atoms with Crippen molar-refractivity contribution >= 4 is 15.6 Å². The van der Waals surface area contributed by atoms with Crippen molar-refractivity contribution in [3.8, 4) is 0 Å². The zero-order valence-electron chi connectivity index (χ0n) is 10.9. The molecule has 0 saturated carbocycles. The number of halogens is 1. The fraction of sp³-hybridized carbons (Fsp3) is 0.462. The number of nitrogens with two attached hydrogens (primary N) is 1. The molecule has 0 aromatic heterocycles. The molecule has 0 aliphatic heterocycles. The largest absolute Gasteiger partial charge is 0.330 e. The molecule has 0 radical (unpaired) electrons. The second kappa shape index (κ2) is 6.77. The van der Waals surface area contributed by atoms with Crippen LogP contribution < -0.4 is 5.73 Å². The first kappa shape index (κ1) is 15.8. The SMILES string of the molecule is Cc1cc(C(=O)CS(=O)(=O)CCCCN)ccc1F. The maximum atomic E-state index is 13.1. The van der Waals surface area contributed by atoms with Gasteiger partial charge in [-0.1, -0.05) is 0 Å². The van der Waals surface area contributed by atoms with E-state index in [1.165, 1.54) is 25.1 Å². The number of carbonyl (C=O) groups is 1. The number of carbonyl (C=O) groups excluding carboxylic acids is 1. The topological polar surface area (TPSA) is 77.2 Å². The Kier molecular flexibility index (Phi) is 5.62. The molecule has 2 N–H and O–H groups in total. The molecule has 0 aliphatic rings. The molecule has 0 spiro atoms. The number of sulfone groups is 1. The molecule has 0 bridgehead atoms. The van der Waals surface area contributed by atoms with Crippen LogP contribution in [0.3, 0.4) is 0 Å². The maximum Gasteiger partial charge on any atom is 0.177 e. The van der Waals surface area contributed by atoms with Crippen molar-refractivity contribution in [3.63, 3.8) is 0 Å². The lowest BCUT2D eigenvalue weighted by atomic mass is 10.1. The minimum Gasteiger partial charge on any atom is -0.330 e. The first-order valence-corrected chi connectivity index (χ1v) is 7.87. The van der Waals surface area contributed by atoms with Crippen LogP contribution in [-0.2, 0) is 9.84 Å². The Balaban J connectivity index is 2.70. The number of hydrogen-bond acceptors (Lipinski definition) is 4. The Labute approximate surface area is 112 Å². The van der Waals surface area contributed by atoms with Gasteiger partial charge in [-0.2, -0.15) is 0 Å². The second-order valence-electron chi connectivity index (χ2n) is 4.47. The van der Waals surface area contributed by atoms with Gasteiger partial charge < -0.3 is 5.73 Å². The van der Waals surface area contributed by atoms with Crippen molar-refractivity contribution < 1.29 is 17.6 Å². The van der Waals surface area contributed by atoms with Crippen molar-refractivity contribution in [2.45, 2.75) is 19.8 Å². The second-order valence-corrected chi connectivity index (χ2v) is 6.66. The molecule has 19 heavy (non-hydrogen) atoms. The molecule has 0 heterocycles. The van der Waals surface area contributed by atoms with Crippen LogP contribution in [0.5, 0.6) is 0 Å². The van der Waals surface area contributed by atoms with Crippen LogP contribution in [0, 0.1) is 12.7 Å². The molecule has 6 heteroatoms. The van der Waals surface area contributed by atoms with Crippen LogP contribution in [0.2, 0.25) is 0 Å². The number of unbranched alkanes of at least 4 members (excludes halogenated alkanes) is 1. The summed E-state index contributed by atoms with van der Waals surface area (Å²) in [6.45, 7) is 1.96. The van der Waals surface area contributed by atoms with E-state index in [1.807, 2.05) is 0 Å². The minimum atomic E-state index is -3.42. The number of ketones is 1. The van der Waals surface area contributed by atoms with E-state index in [0.29, 0.717) is 24.9 Å². The number of hydrogen-bond donors (Lipinski definition) is 1. The van der Waals surface area contributed by atoms with Crippen molar-refractivity contribution in [2.24, 2.45) is 5.73 Å². The van der Waals surface area contributed by atoms with Gasteiger partial charge in [0.25, 0.3) is 0 Å². The Bertz CT molecular complexity index is 555. The molecular weight excluding hydrogens is 269 g/mol. The van der Waals surface area contributed by atoms with Crippen molar-refractivity contribution in [2.75, 3.05) is 18.1 Å². The minimum absolute atomic E-state index is 0.0455. The van der Waals surface area contributed by atoms with Gasteiger partial charge >= 0.3 is 0 Å². The third-order valence-corrected chi connectivity index (χ3v) is 4.35. The van der Waals surface area contributed by atoms with Gasteiger partial charge in [0.2, 0.25) is 0 Å². The summed E-state index contributed by atoms with van der Waals surface area (Å²) in [5, 5.41) is 0. The summed E-state index contributed by atoms with van der Waals surface area (Å²) in [5.41, 5.74) is 5.83. The standard InChI is InChI=1S/C13H18FNO3S/c1-10-8-11(4-5-12(10)14)13(16)9-19(17,18)7-3-2-6-15/h4-5,8H,2-3,6-7,9,15H2,1H3. The lowest BCUT2D eigenvalue weighted by Gasteiger charge is -2.05. The fourth-order valence-electron chi connectivity index (χ4n) is 1.64. The van der Waals surface area contributed by atoms with Gasteiger partial charge in [-0.25, -0.2) is 12.8 Å². The van der Waals surface area contributed by atoms with Crippen molar-refractivity contribution in [1.82, 2.24) is 0 Å². The van der Waals surface area contributed by atoms with Crippen molar-refractivity contribution in [3.05, 3.63) is 35.1 Å². The molecule has 0 atom stereocenters. The summed E-state index contributed by atoms with van der Waals surface area (Å²) in [5.74, 6) is -1.50. The third kappa shape index (κ3) is 5.08. The zero-order valence-corrected chi connectivity index (χ0v) is 11.7. The molecule has 0 unspecified atom stereocenters. The van der Waals surface area contributed by atoms with Crippen LogP contribution in [-0.4, -0.2) is 32.3 Å². The van der Waals surface area contributed by atoms with Gasteiger partial charge in [0.05, 0.1) is 5.75 Å². The molecule has 0 amide bonds. The molecule has 0 fully saturated rings. The molecule has 1 aromatic carbocycles. The first-order chi connectivity index (χ1) is 8.85. The highest BCUT2D eigenvalue weighted by atomic mass is 32.2. The lowest BCUT2D eigenvalue weighted by molar-refractivity contribution is 0.102. The quantitative estimate of drug-likeness (QED) is 0.608. The highest BCUT2D eigenvalue weighted by Gasteiger charge is 2.18. The fourth-order valence-corrected chi connectivity index (χ4v) is 2.99. The highest BCUT2D eigenvalue weighted by molar-refractivity contribution is 7.92. The summed E-state index contributed by atoms with van der Waals surface area (Å²) in [4.78, 5) is 11.8. The molecule has 0 saturated heterocycles. The predicted molar refractivity (Wildman–Crippen MR) is 72.4 cm³/mol. The lowest BCUT2D eigenvalue weighted by Crippen LogP contribution is -2.19. The average molecular weight is 287 g/mol. The van der Waals surface area contributed by atoms with Crippen LogP contribution in [0.1, 0.15) is 28.8 Å². The Morgan fingerprint density at radius 1 is 1.32 bits per heavy atom. The molecule has 1 aromatic rings. The summed E-state index contributed by atoms with van der Waals surface area (Å²) in [6.07, 6.45) is 1.07. The number of Topliss-reactive ketones (excluding diaryl/α,β-unsaturated/α-hetero) is 1. The summed E-state index contributed by atoms with van der Waals surface area (Å²) in [6, 6.07) is 3.84. The monoisotopic (exact) mass is 287 g/mol. The zero-order chi connectivity index (χ0) is 14.5. The van der Waals surface area contributed by atoms with Crippen LogP contribution in [0.4, 0.5) is 4.39 Å². The van der Waals surface area contributed by atoms with Crippen LogP contribution >= 0.6 is 0 Å². The van der Waals surface area contributed by atoms with E-state index >= 15 is 0 Å². The molecule has 106 valence electrons. The van der Waals surface area contributed by atoms with E-state index in [0.717, 1.165) is 0 Å². The van der Waals surface area contributed by atoms with E-state index in [2.05, 4.69) is 0 Å². The Morgan fingerprint density at radius 2 is 2.00 bits per heavy atom. The van der Waals surface area contributed by atoms with Crippen LogP contribution in [0.15, 0.2) is 18.2 Å². The summed E-state index contributed by atoms with van der Waals surface area (Å²) >= 11 is 0. The van der Waals surface area contributed by atoms with Gasteiger partial charge in [-0.3, -0.25) is 4.79 Å². The highest BCUT2D eigenvalue weighted by Crippen LogP contribution is 2.11. The van der Waals surface area contributed by atoms with E-state index in [4.69, 9.17) is 5.73 Å². The van der Waals surface area contributed by atoms with Gasteiger partial charge in [0.15, 0.2) is 15.6 Å². The molecular formula is C13H18FNO3S. The van der Waals surface area contributed by atoms with Gasteiger partial charge in [0, 0.05) is 5.56 Å². The third-order valence-electron chi connectivity index (χ3n) is 2.74. The van der Waals surface area contributed by atoms with Gasteiger partial charge in [-0.05, 0) is 50.1 Å². The summed E-state index contributed by atoms with van der Waals surface area (Å²) in [7, 11) is -3.42. The summed E-state index contributed by atoms with van der Waals surface area (Å²) < 4.78 is 36.5. The Morgan fingerprint density at radius 3 is 2.58 bits per heavy atom. The van der Waals surface area contributed by atoms with E-state index in [-0.39, 0.29) is 11.3 Å². The first-order valence-electron chi connectivity index (χ1n) is 6.05. The van der Waals surface area contributed by atoms with Gasteiger partial charge in [-0.15, -0.1) is 0 Å². The number of benzene rings is 1. The van der Waals surface area contributed by atoms with Crippen molar-refractivity contribution in [1.29, 1.82) is 0 Å². The smallest absolute Gasteiger partial charge is 0.177 e. The molecule has 4 nitrogen and oxygen atoms in total. The van der Waals surface area contributed by atoms with Crippen LogP contribution in [0.25, 0.3) is 0 Å². The normalized spacial score (nSPS) is 11.5.